The lowest BCUT2D eigenvalue weighted by Gasteiger charge is -2.29. The zero-order valence-electron chi connectivity index (χ0n) is 10.5. The van der Waals surface area contributed by atoms with E-state index in [2.05, 4.69) is 11.6 Å². The average Bonchev–Trinajstić information content (AvgIpc) is 2.39. The Morgan fingerprint density at radius 1 is 1.44 bits per heavy atom. The standard InChI is InChI=1S/C13H18N2O2S/c1-18-13-7-3-5-11(9-13)14-10-4-2-6-12(8-10)15(16)17/h2,4,6,8,11,13-14H,3,5,7,9H2,1H3. The van der Waals surface area contributed by atoms with Crippen molar-refractivity contribution in [2.45, 2.75) is 37.0 Å². The Hall–Kier alpha value is -1.23. The minimum Gasteiger partial charge on any atom is -0.382 e. The van der Waals surface area contributed by atoms with Gasteiger partial charge in [-0.05, 0) is 31.6 Å². The van der Waals surface area contributed by atoms with Gasteiger partial charge in [-0.1, -0.05) is 12.5 Å². The first kappa shape index (κ1) is 13.2. The highest BCUT2D eigenvalue weighted by atomic mass is 32.2. The summed E-state index contributed by atoms with van der Waals surface area (Å²) in [5.41, 5.74) is 1.01. The number of rotatable bonds is 4. The predicted molar refractivity (Wildman–Crippen MR) is 76.3 cm³/mol. The van der Waals surface area contributed by atoms with Gasteiger partial charge < -0.3 is 5.32 Å². The third kappa shape index (κ3) is 3.38. The fourth-order valence-corrected chi connectivity index (χ4v) is 3.26. The van der Waals surface area contributed by atoms with Crippen molar-refractivity contribution in [2.24, 2.45) is 0 Å². The minimum atomic E-state index is -0.350. The van der Waals surface area contributed by atoms with E-state index in [0.717, 1.165) is 23.8 Å². The van der Waals surface area contributed by atoms with Gasteiger partial charge in [-0.3, -0.25) is 10.1 Å². The number of nitro benzene ring substituents is 1. The second-order valence-corrected chi connectivity index (χ2v) is 5.81. The molecule has 4 nitrogen and oxygen atoms in total. The van der Waals surface area contributed by atoms with Gasteiger partial charge in [-0.25, -0.2) is 0 Å². The van der Waals surface area contributed by atoms with Crippen LogP contribution in [0.2, 0.25) is 0 Å². The van der Waals surface area contributed by atoms with Gasteiger partial charge in [0.2, 0.25) is 0 Å². The molecule has 0 aromatic heterocycles. The van der Waals surface area contributed by atoms with E-state index in [-0.39, 0.29) is 10.6 Å². The molecule has 1 saturated carbocycles. The van der Waals surface area contributed by atoms with Crippen LogP contribution in [0.5, 0.6) is 0 Å². The predicted octanol–water partition coefficient (Wildman–Crippen LogP) is 3.68. The van der Waals surface area contributed by atoms with Crippen LogP contribution >= 0.6 is 11.8 Å². The molecule has 0 heterocycles. The third-order valence-electron chi connectivity index (χ3n) is 3.39. The van der Waals surface area contributed by atoms with Crippen molar-refractivity contribution in [1.82, 2.24) is 0 Å². The summed E-state index contributed by atoms with van der Waals surface area (Å²) in [4.78, 5) is 10.4. The van der Waals surface area contributed by atoms with Crippen LogP contribution in [-0.2, 0) is 0 Å². The molecule has 1 fully saturated rings. The lowest BCUT2D eigenvalue weighted by molar-refractivity contribution is -0.384. The van der Waals surface area contributed by atoms with Crippen molar-refractivity contribution in [3.8, 4) is 0 Å². The largest absolute Gasteiger partial charge is 0.382 e. The Morgan fingerprint density at radius 3 is 3.00 bits per heavy atom. The van der Waals surface area contributed by atoms with Crippen molar-refractivity contribution in [1.29, 1.82) is 0 Å². The molecule has 5 heteroatoms. The summed E-state index contributed by atoms with van der Waals surface area (Å²) in [6.45, 7) is 0. The van der Waals surface area contributed by atoms with Crippen LogP contribution in [0, 0.1) is 10.1 Å². The van der Waals surface area contributed by atoms with Gasteiger partial charge in [0.05, 0.1) is 4.92 Å². The first-order valence-corrected chi connectivity index (χ1v) is 7.51. The van der Waals surface area contributed by atoms with E-state index in [1.54, 1.807) is 12.1 Å². The molecular formula is C13H18N2O2S. The van der Waals surface area contributed by atoms with Crippen LogP contribution in [0.4, 0.5) is 11.4 Å². The zero-order valence-corrected chi connectivity index (χ0v) is 11.3. The molecule has 1 N–H and O–H groups in total. The highest BCUT2D eigenvalue weighted by Crippen LogP contribution is 2.29. The summed E-state index contributed by atoms with van der Waals surface area (Å²) >= 11 is 1.92. The van der Waals surface area contributed by atoms with Crippen LogP contribution < -0.4 is 5.32 Å². The molecule has 0 aliphatic heterocycles. The maximum absolute atomic E-state index is 10.7. The fourth-order valence-electron chi connectivity index (χ4n) is 2.44. The van der Waals surface area contributed by atoms with E-state index >= 15 is 0 Å². The first-order chi connectivity index (χ1) is 8.69. The fraction of sp³-hybridized carbons (Fsp3) is 0.538. The number of non-ortho nitro benzene ring substituents is 1. The van der Waals surface area contributed by atoms with Crippen molar-refractivity contribution in [2.75, 3.05) is 11.6 Å². The lowest BCUT2D eigenvalue weighted by Crippen LogP contribution is -2.28. The first-order valence-electron chi connectivity index (χ1n) is 6.23. The number of nitrogens with one attached hydrogen (secondary N) is 1. The Bertz CT molecular complexity index is 425. The molecule has 2 rings (SSSR count). The SMILES string of the molecule is CSC1CCCC(Nc2cccc([N+](=O)[O-])c2)C1. The Labute approximate surface area is 111 Å². The summed E-state index contributed by atoms with van der Waals surface area (Å²) in [6.07, 6.45) is 6.97. The van der Waals surface area contributed by atoms with Crippen molar-refractivity contribution in [3.05, 3.63) is 34.4 Å². The maximum atomic E-state index is 10.7. The number of benzene rings is 1. The van der Waals surface area contributed by atoms with Gasteiger partial charge in [0.1, 0.15) is 0 Å². The van der Waals surface area contributed by atoms with E-state index in [9.17, 15) is 10.1 Å². The lowest BCUT2D eigenvalue weighted by atomic mass is 9.95. The number of nitrogens with zero attached hydrogens (tertiary/aromatic N) is 1. The van der Waals surface area contributed by atoms with Crippen LogP contribution in [0.3, 0.4) is 0 Å². The summed E-state index contributed by atoms with van der Waals surface area (Å²) in [5.74, 6) is 0. The van der Waals surface area contributed by atoms with Crippen molar-refractivity contribution in [3.63, 3.8) is 0 Å². The van der Waals surface area contributed by atoms with Crippen molar-refractivity contribution >= 4 is 23.1 Å². The molecule has 98 valence electrons. The third-order valence-corrected chi connectivity index (χ3v) is 4.48. The second kappa shape index (κ2) is 6.09. The average molecular weight is 266 g/mol. The monoisotopic (exact) mass is 266 g/mol. The molecule has 0 bridgehead atoms. The van der Waals surface area contributed by atoms with E-state index in [1.807, 2.05) is 17.8 Å². The van der Waals surface area contributed by atoms with Crippen LogP contribution in [0.1, 0.15) is 25.7 Å². The second-order valence-electron chi connectivity index (χ2n) is 4.67. The summed E-state index contributed by atoms with van der Waals surface area (Å²) in [6, 6.07) is 7.21. The Kier molecular flexibility index (Phi) is 4.47. The van der Waals surface area contributed by atoms with Gasteiger partial charge >= 0.3 is 0 Å². The smallest absolute Gasteiger partial charge is 0.271 e. The van der Waals surface area contributed by atoms with Gasteiger partial charge in [-0.2, -0.15) is 11.8 Å². The van der Waals surface area contributed by atoms with E-state index in [0.29, 0.717) is 6.04 Å². The number of nitro groups is 1. The molecule has 1 aliphatic carbocycles. The number of hydrogen-bond donors (Lipinski definition) is 1. The molecule has 0 radical (unpaired) electrons. The molecule has 1 aromatic carbocycles. The van der Waals surface area contributed by atoms with E-state index in [4.69, 9.17) is 0 Å². The van der Waals surface area contributed by atoms with Crippen molar-refractivity contribution < 1.29 is 4.92 Å². The number of hydrogen-bond acceptors (Lipinski definition) is 4. The normalized spacial score (nSPS) is 23.6. The number of anilines is 1. The van der Waals surface area contributed by atoms with E-state index < -0.39 is 0 Å². The number of thioether (sulfide) groups is 1. The topological polar surface area (TPSA) is 55.2 Å². The van der Waals surface area contributed by atoms with Gasteiger partial charge in [0.25, 0.3) is 5.69 Å². The van der Waals surface area contributed by atoms with E-state index in [1.165, 1.54) is 18.9 Å². The highest BCUT2D eigenvalue weighted by molar-refractivity contribution is 7.99. The molecular weight excluding hydrogens is 248 g/mol. The Morgan fingerprint density at radius 2 is 2.28 bits per heavy atom. The summed E-state index contributed by atoms with van der Waals surface area (Å²) in [7, 11) is 0. The molecule has 2 unspecified atom stereocenters. The maximum Gasteiger partial charge on any atom is 0.271 e. The molecule has 0 spiro atoms. The van der Waals surface area contributed by atoms with Crippen LogP contribution in [0.25, 0.3) is 0 Å². The zero-order chi connectivity index (χ0) is 13.0. The molecule has 18 heavy (non-hydrogen) atoms. The van der Waals surface area contributed by atoms with Crippen LogP contribution in [0.15, 0.2) is 24.3 Å². The van der Waals surface area contributed by atoms with Gasteiger partial charge in [0, 0.05) is 29.1 Å². The summed E-state index contributed by atoms with van der Waals surface area (Å²) in [5, 5.41) is 14.9. The summed E-state index contributed by atoms with van der Waals surface area (Å²) < 4.78 is 0. The molecule has 0 saturated heterocycles. The van der Waals surface area contributed by atoms with Gasteiger partial charge in [-0.15, -0.1) is 0 Å². The highest BCUT2D eigenvalue weighted by Gasteiger charge is 2.21. The molecule has 1 aliphatic rings. The molecule has 2 atom stereocenters. The quantitative estimate of drug-likeness (QED) is 0.667. The van der Waals surface area contributed by atoms with Gasteiger partial charge in [0.15, 0.2) is 0 Å². The van der Waals surface area contributed by atoms with Crippen LogP contribution in [-0.4, -0.2) is 22.5 Å². The molecule has 1 aromatic rings. The Balaban J connectivity index is 2.00. The molecule has 0 amide bonds. The minimum absolute atomic E-state index is 0.150.